The van der Waals surface area contributed by atoms with E-state index >= 15 is 0 Å². The Hall–Kier alpha value is -12.6. The van der Waals surface area contributed by atoms with Gasteiger partial charge >= 0.3 is 0 Å². The van der Waals surface area contributed by atoms with Gasteiger partial charge in [-0.1, -0.05) is 279 Å². The van der Waals surface area contributed by atoms with Crippen molar-refractivity contribution in [2.24, 2.45) is 0 Å². The van der Waals surface area contributed by atoms with Gasteiger partial charge in [0.25, 0.3) is 0 Å². The van der Waals surface area contributed by atoms with Gasteiger partial charge < -0.3 is 8.83 Å². The largest absolute Gasteiger partial charge is 0.456 e. The predicted octanol–water partition coefficient (Wildman–Crippen LogP) is 26.9. The second kappa shape index (κ2) is 21.5. The second-order valence-electron chi connectivity index (χ2n) is 25.7. The first-order chi connectivity index (χ1) is 47.6. The highest BCUT2D eigenvalue weighted by atomic mass is 16.3. The average Bonchev–Trinajstić information content (AvgIpc) is 1.24. The molecule has 0 amide bonds. The minimum atomic E-state index is 0.873. The van der Waals surface area contributed by atoms with Gasteiger partial charge in [0, 0.05) is 21.5 Å². The van der Waals surface area contributed by atoms with Crippen molar-refractivity contribution < 1.29 is 8.83 Å². The first-order valence-corrected chi connectivity index (χ1v) is 33.1. The summed E-state index contributed by atoms with van der Waals surface area (Å²) in [7, 11) is 0. The van der Waals surface area contributed by atoms with Gasteiger partial charge in [0.15, 0.2) is 0 Å². The molecule has 0 aliphatic carbocycles. The van der Waals surface area contributed by atoms with Crippen LogP contribution in [0.15, 0.2) is 349 Å². The summed E-state index contributed by atoms with van der Waals surface area (Å²) in [5, 5.41) is 21.5. The van der Waals surface area contributed by atoms with Crippen LogP contribution >= 0.6 is 0 Å². The Kier molecular flexibility index (Phi) is 12.1. The molecule has 0 aliphatic rings. The van der Waals surface area contributed by atoms with Gasteiger partial charge in [0.1, 0.15) is 22.3 Å². The van der Waals surface area contributed by atoms with E-state index in [0.717, 1.165) is 71.7 Å². The van der Waals surface area contributed by atoms with Crippen LogP contribution in [0.25, 0.3) is 208 Å². The summed E-state index contributed by atoms with van der Waals surface area (Å²) in [6.07, 6.45) is 0. The molecule has 96 heavy (non-hydrogen) atoms. The first-order valence-electron chi connectivity index (χ1n) is 33.1. The van der Waals surface area contributed by atoms with Crippen LogP contribution < -0.4 is 0 Å². The molecule has 20 aromatic rings. The smallest absolute Gasteiger partial charge is 0.136 e. The number of hydrogen-bond donors (Lipinski definition) is 0. The molecule has 2 heterocycles. The zero-order valence-corrected chi connectivity index (χ0v) is 52.1. The summed E-state index contributed by atoms with van der Waals surface area (Å²) in [5.74, 6) is 0. The topological polar surface area (TPSA) is 26.3 Å². The van der Waals surface area contributed by atoms with Crippen molar-refractivity contribution in [3.8, 4) is 89.0 Å². The van der Waals surface area contributed by atoms with E-state index in [1.54, 1.807) is 0 Å². The fraction of sp³-hybridized carbons (Fsp3) is 0. The average molecular weight is 1220 g/mol. The van der Waals surface area contributed by atoms with Crippen LogP contribution in [0.3, 0.4) is 0 Å². The Morgan fingerprint density at radius 3 is 1.18 bits per heavy atom. The highest BCUT2D eigenvalue weighted by Gasteiger charge is 2.24. The molecule has 444 valence electrons. The van der Waals surface area contributed by atoms with Crippen LogP contribution in [0.5, 0.6) is 0 Å². The molecule has 0 atom stereocenters. The Labute approximate surface area is 553 Å². The highest BCUT2D eigenvalue weighted by Crippen LogP contribution is 2.51. The van der Waals surface area contributed by atoms with E-state index in [0.29, 0.717) is 0 Å². The maximum absolute atomic E-state index is 6.81. The van der Waals surface area contributed by atoms with E-state index in [9.17, 15) is 0 Å². The molecule has 0 spiro atoms. The Morgan fingerprint density at radius 1 is 0.146 bits per heavy atom. The molecule has 0 bridgehead atoms. The van der Waals surface area contributed by atoms with E-state index in [1.807, 2.05) is 0 Å². The molecule has 18 aromatic carbocycles. The van der Waals surface area contributed by atoms with Gasteiger partial charge in [-0.3, -0.25) is 0 Å². The number of furan rings is 2. The minimum Gasteiger partial charge on any atom is -0.456 e. The van der Waals surface area contributed by atoms with Crippen LogP contribution in [-0.4, -0.2) is 0 Å². The van der Waals surface area contributed by atoms with Crippen LogP contribution in [0, 0.1) is 0 Å². The van der Waals surface area contributed by atoms with Gasteiger partial charge in [-0.15, -0.1) is 0 Å². The zero-order chi connectivity index (χ0) is 63.0. The van der Waals surface area contributed by atoms with Crippen LogP contribution in [0.4, 0.5) is 0 Å². The van der Waals surface area contributed by atoms with E-state index in [2.05, 4.69) is 340 Å². The lowest BCUT2D eigenvalue weighted by Gasteiger charge is -2.19. The third kappa shape index (κ3) is 8.45. The molecule has 0 unspecified atom stereocenters. The first kappa shape index (κ1) is 54.0. The van der Waals surface area contributed by atoms with Gasteiger partial charge in [0.2, 0.25) is 0 Å². The summed E-state index contributed by atoms with van der Waals surface area (Å²) in [4.78, 5) is 0. The fourth-order valence-corrected chi connectivity index (χ4v) is 16.1. The molecule has 2 heteroatoms. The molecular weight excluding hydrogens is 1160 g/mol. The molecule has 2 nitrogen and oxygen atoms in total. The summed E-state index contributed by atoms with van der Waals surface area (Å²) in [6, 6.07) is 125. The SMILES string of the molecule is c1ccc(-c2c3ccccc3c(-c3cccc4oc5ccc(-c6ccc(-c7ccc8c(c7)c(-c7cccc(-c9c%10ccccc%10c(-c%10cccc%11oc%12cc(-c%13ccc%14ccccc%14c%13)ccc%12c%10%11)c%10ccccc9%10)c7)cc7ccccc78)cc6)cc5c34)c3ccccc23)cc1. The van der Waals surface area contributed by atoms with Crippen LogP contribution in [-0.2, 0) is 0 Å². The van der Waals surface area contributed by atoms with Gasteiger partial charge in [0.05, 0.1) is 0 Å². The quantitative estimate of drug-likeness (QED) is 0.112. The third-order valence-electron chi connectivity index (χ3n) is 20.4. The van der Waals surface area contributed by atoms with E-state index in [-0.39, 0.29) is 0 Å². The van der Waals surface area contributed by atoms with E-state index in [1.165, 1.54) is 137 Å². The van der Waals surface area contributed by atoms with Crippen molar-refractivity contribution in [1.29, 1.82) is 0 Å². The lowest BCUT2D eigenvalue weighted by molar-refractivity contribution is 0.668. The molecule has 0 saturated carbocycles. The second-order valence-corrected chi connectivity index (χ2v) is 25.7. The fourth-order valence-electron chi connectivity index (χ4n) is 16.1. The lowest BCUT2D eigenvalue weighted by atomic mass is 9.84. The maximum atomic E-state index is 6.81. The van der Waals surface area contributed by atoms with Crippen LogP contribution in [0.2, 0.25) is 0 Å². The summed E-state index contributed by atoms with van der Waals surface area (Å²) >= 11 is 0. The molecular formula is C94H56O2. The van der Waals surface area contributed by atoms with Crippen LogP contribution in [0.1, 0.15) is 0 Å². The number of hydrogen-bond acceptors (Lipinski definition) is 2. The Balaban J connectivity index is 0.681. The van der Waals surface area contributed by atoms with E-state index < -0.39 is 0 Å². The van der Waals surface area contributed by atoms with Crippen molar-refractivity contribution in [3.63, 3.8) is 0 Å². The van der Waals surface area contributed by atoms with E-state index in [4.69, 9.17) is 8.83 Å². The van der Waals surface area contributed by atoms with Crippen molar-refractivity contribution >= 4 is 119 Å². The standard InChI is InChI=1S/C94H56O2/c1-2-20-60(21-3-1)89-71-27-8-12-31-75(71)92(76-32-13-9-28-72(76)89)81-36-18-38-87-94(81)84-54-64(47-50-85(84)95-87)59-41-39-58(40-42-59)63-45-48-70-69-26-7-6-23-67(69)55-82(83(70)53-63)66-24-16-25-68(52-66)90-73-29-10-14-33-77(73)91(78-34-15-11-30-74(78)90)80-35-17-37-86-93(80)79-49-46-65(56-88(79)96-86)62-44-43-57-19-4-5-22-61(57)51-62/h1-56H. The molecule has 0 N–H and O–H groups in total. The monoisotopic (exact) mass is 1220 g/mol. The molecule has 20 rings (SSSR count). The van der Waals surface area contributed by atoms with Crippen molar-refractivity contribution in [2.45, 2.75) is 0 Å². The molecule has 0 radical (unpaired) electrons. The maximum Gasteiger partial charge on any atom is 0.136 e. The summed E-state index contributed by atoms with van der Waals surface area (Å²) < 4.78 is 13.5. The molecule has 0 saturated heterocycles. The molecule has 0 fully saturated rings. The predicted molar refractivity (Wildman–Crippen MR) is 407 cm³/mol. The van der Waals surface area contributed by atoms with Gasteiger partial charge in [-0.2, -0.15) is 0 Å². The van der Waals surface area contributed by atoms with Crippen molar-refractivity contribution in [1.82, 2.24) is 0 Å². The van der Waals surface area contributed by atoms with Gasteiger partial charge in [-0.05, 0) is 225 Å². The number of benzene rings is 18. The van der Waals surface area contributed by atoms with Crippen molar-refractivity contribution in [3.05, 3.63) is 340 Å². The highest BCUT2D eigenvalue weighted by molar-refractivity contribution is 6.28. The number of fused-ring (bicyclic) bond motifs is 14. The molecule has 0 aliphatic heterocycles. The third-order valence-corrected chi connectivity index (χ3v) is 20.4. The Morgan fingerprint density at radius 2 is 0.562 bits per heavy atom. The lowest BCUT2D eigenvalue weighted by Crippen LogP contribution is -1.92. The number of rotatable bonds is 8. The van der Waals surface area contributed by atoms with Crippen molar-refractivity contribution in [2.75, 3.05) is 0 Å². The minimum absolute atomic E-state index is 0.873. The Bertz CT molecular complexity index is 6510. The normalized spacial score (nSPS) is 12.0. The molecule has 2 aromatic heterocycles. The van der Waals surface area contributed by atoms with Gasteiger partial charge in [-0.25, -0.2) is 0 Å². The zero-order valence-electron chi connectivity index (χ0n) is 52.1. The summed E-state index contributed by atoms with van der Waals surface area (Å²) in [6.45, 7) is 0. The summed E-state index contributed by atoms with van der Waals surface area (Å²) in [5.41, 5.74) is 22.4.